The van der Waals surface area contributed by atoms with Crippen molar-refractivity contribution in [2.75, 3.05) is 5.32 Å². The van der Waals surface area contributed by atoms with Gasteiger partial charge in [-0.15, -0.1) is 0 Å². The molecular formula is C28H21NO3. The number of carbonyl (C=O) groups excluding carboxylic acids is 1. The maximum atomic E-state index is 12.8. The Morgan fingerprint density at radius 1 is 0.812 bits per heavy atom. The summed E-state index contributed by atoms with van der Waals surface area (Å²) in [6.07, 6.45) is 0. The second kappa shape index (κ2) is 7.82. The second-order valence-electron chi connectivity index (χ2n) is 7.99. The number of fused-ring (bicyclic) bond motifs is 2. The quantitative estimate of drug-likeness (QED) is 0.364. The first-order chi connectivity index (χ1) is 15.5. The largest absolute Gasteiger partial charge is 0.456 e. The van der Waals surface area contributed by atoms with Crippen molar-refractivity contribution in [2.45, 2.75) is 13.8 Å². The van der Waals surface area contributed by atoms with Gasteiger partial charge in [0.2, 0.25) is 0 Å². The summed E-state index contributed by atoms with van der Waals surface area (Å²) in [6.45, 7) is 3.89. The number of carbonyl (C=O) groups is 1. The highest BCUT2D eigenvalue weighted by atomic mass is 16.3. The molecule has 1 amide bonds. The van der Waals surface area contributed by atoms with Crippen LogP contribution in [-0.4, -0.2) is 5.91 Å². The molecule has 4 heteroatoms. The van der Waals surface area contributed by atoms with E-state index in [0.717, 1.165) is 33.2 Å². The molecule has 0 saturated heterocycles. The lowest BCUT2D eigenvalue weighted by Crippen LogP contribution is -2.12. The third-order valence-electron chi connectivity index (χ3n) is 5.63. The van der Waals surface area contributed by atoms with Crippen LogP contribution in [0.25, 0.3) is 33.1 Å². The van der Waals surface area contributed by atoms with Crippen molar-refractivity contribution in [3.8, 4) is 11.3 Å². The van der Waals surface area contributed by atoms with Crippen molar-refractivity contribution in [2.24, 2.45) is 0 Å². The van der Waals surface area contributed by atoms with Crippen LogP contribution in [0.5, 0.6) is 0 Å². The lowest BCUT2D eigenvalue weighted by molar-refractivity contribution is 0.102. The summed E-state index contributed by atoms with van der Waals surface area (Å²) in [4.78, 5) is 25.5. The minimum Gasteiger partial charge on any atom is -0.456 e. The van der Waals surface area contributed by atoms with Gasteiger partial charge in [0.1, 0.15) is 11.3 Å². The van der Waals surface area contributed by atoms with Crippen LogP contribution in [0, 0.1) is 13.8 Å². The molecule has 1 aromatic heterocycles. The number of benzene rings is 4. The third kappa shape index (κ3) is 3.56. The van der Waals surface area contributed by atoms with Crippen LogP contribution in [0.1, 0.15) is 21.5 Å². The van der Waals surface area contributed by atoms with Gasteiger partial charge in [0.05, 0.1) is 5.39 Å². The normalized spacial score (nSPS) is 11.1. The topological polar surface area (TPSA) is 59.3 Å². The average Bonchev–Trinajstić information content (AvgIpc) is 2.80. The molecule has 4 aromatic carbocycles. The van der Waals surface area contributed by atoms with Gasteiger partial charge < -0.3 is 9.73 Å². The van der Waals surface area contributed by atoms with E-state index in [4.69, 9.17) is 4.42 Å². The van der Waals surface area contributed by atoms with E-state index in [0.29, 0.717) is 22.3 Å². The van der Waals surface area contributed by atoms with Crippen molar-refractivity contribution >= 4 is 33.3 Å². The summed E-state index contributed by atoms with van der Waals surface area (Å²) >= 11 is 0. The Balaban J connectivity index is 1.45. The molecule has 1 N–H and O–H groups in total. The maximum absolute atomic E-state index is 12.8. The zero-order valence-corrected chi connectivity index (χ0v) is 17.8. The zero-order valence-electron chi connectivity index (χ0n) is 17.8. The van der Waals surface area contributed by atoms with E-state index >= 15 is 0 Å². The zero-order chi connectivity index (χ0) is 22.2. The minimum absolute atomic E-state index is 0.0779. The van der Waals surface area contributed by atoms with Gasteiger partial charge in [-0.2, -0.15) is 0 Å². The van der Waals surface area contributed by atoms with Crippen LogP contribution < -0.4 is 10.7 Å². The lowest BCUT2D eigenvalue weighted by atomic mass is 10.0. The van der Waals surface area contributed by atoms with Crippen molar-refractivity contribution in [3.63, 3.8) is 0 Å². The van der Waals surface area contributed by atoms with E-state index in [9.17, 15) is 9.59 Å². The van der Waals surface area contributed by atoms with Crippen LogP contribution in [0.4, 0.5) is 5.69 Å². The number of hydrogen-bond donors (Lipinski definition) is 1. The number of anilines is 1. The van der Waals surface area contributed by atoms with Crippen LogP contribution in [-0.2, 0) is 0 Å². The molecule has 0 atom stereocenters. The van der Waals surface area contributed by atoms with Gasteiger partial charge in [0.15, 0.2) is 5.43 Å². The molecule has 0 aliphatic heterocycles. The Labute approximate surface area is 185 Å². The maximum Gasteiger partial charge on any atom is 0.255 e. The number of amides is 1. The summed E-state index contributed by atoms with van der Waals surface area (Å²) in [6, 6.07) is 26.2. The number of aryl methyl sites for hydroxylation is 2. The fourth-order valence-corrected chi connectivity index (χ4v) is 4.07. The van der Waals surface area contributed by atoms with Gasteiger partial charge in [-0.3, -0.25) is 9.59 Å². The molecule has 0 spiro atoms. The Kier molecular flexibility index (Phi) is 4.83. The Morgan fingerprint density at radius 2 is 1.56 bits per heavy atom. The molecule has 1 heterocycles. The molecular weight excluding hydrogens is 398 g/mol. The van der Waals surface area contributed by atoms with E-state index in [1.54, 1.807) is 24.3 Å². The van der Waals surface area contributed by atoms with Crippen molar-refractivity contribution in [1.82, 2.24) is 0 Å². The fraction of sp³-hybridized carbons (Fsp3) is 0.0714. The van der Waals surface area contributed by atoms with Crippen LogP contribution in [0.2, 0.25) is 0 Å². The van der Waals surface area contributed by atoms with E-state index in [1.165, 1.54) is 6.07 Å². The Hall–Kier alpha value is -4.18. The van der Waals surface area contributed by atoms with Crippen LogP contribution in [0.3, 0.4) is 0 Å². The molecule has 0 radical (unpaired) electrons. The first-order valence-corrected chi connectivity index (χ1v) is 10.4. The molecule has 32 heavy (non-hydrogen) atoms. The smallest absolute Gasteiger partial charge is 0.255 e. The van der Waals surface area contributed by atoms with Crippen molar-refractivity contribution < 1.29 is 9.21 Å². The first-order valence-electron chi connectivity index (χ1n) is 10.4. The lowest BCUT2D eigenvalue weighted by Gasteiger charge is -2.10. The summed E-state index contributed by atoms with van der Waals surface area (Å²) < 4.78 is 6.06. The molecule has 0 aliphatic rings. The Morgan fingerprint density at radius 3 is 2.38 bits per heavy atom. The third-order valence-corrected chi connectivity index (χ3v) is 5.63. The highest BCUT2D eigenvalue weighted by molar-refractivity contribution is 6.09. The van der Waals surface area contributed by atoms with Gasteiger partial charge in [0.25, 0.3) is 5.91 Å². The number of hydrogen-bond acceptors (Lipinski definition) is 3. The predicted molar refractivity (Wildman–Crippen MR) is 129 cm³/mol. The standard InChI is InChI=1S/C28H21NO3/c1-17-14-18(2)27-23(15-17)25(30)16-26(32-27)20-10-12-21(13-11-20)28(31)29-24-9-5-7-19-6-3-4-8-22(19)24/h3-16H,1-2H3,(H,29,31). The summed E-state index contributed by atoms with van der Waals surface area (Å²) in [5.74, 6) is 0.287. The molecule has 0 fully saturated rings. The molecule has 5 aromatic rings. The Bertz CT molecular complexity index is 1540. The number of rotatable bonds is 3. The summed E-state index contributed by atoms with van der Waals surface area (Å²) in [7, 11) is 0. The summed E-state index contributed by atoms with van der Waals surface area (Å²) in [5, 5.41) is 5.63. The van der Waals surface area contributed by atoms with Gasteiger partial charge in [-0.25, -0.2) is 0 Å². The molecule has 0 bridgehead atoms. The molecule has 0 unspecified atom stereocenters. The predicted octanol–water partition coefficient (Wildman–Crippen LogP) is 6.48. The van der Waals surface area contributed by atoms with E-state index < -0.39 is 0 Å². The average molecular weight is 419 g/mol. The number of nitrogens with one attached hydrogen (secondary N) is 1. The molecule has 5 rings (SSSR count). The van der Waals surface area contributed by atoms with Crippen molar-refractivity contribution in [1.29, 1.82) is 0 Å². The van der Waals surface area contributed by atoms with E-state index in [1.807, 2.05) is 68.4 Å². The second-order valence-corrected chi connectivity index (χ2v) is 7.99. The van der Waals surface area contributed by atoms with Gasteiger partial charge in [-0.1, -0.05) is 54.6 Å². The monoisotopic (exact) mass is 419 g/mol. The highest BCUT2D eigenvalue weighted by Crippen LogP contribution is 2.26. The molecule has 4 nitrogen and oxygen atoms in total. The minimum atomic E-state index is -0.195. The highest BCUT2D eigenvalue weighted by Gasteiger charge is 2.12. The van der Waals surface area contributed by atoms with Crippen LogP contribution >= 0.6 is 0 Å². The first kappa shape index (κ1) is 19.8. The SMILES string of the molecule is Cc1cc(C)c2oc(-c3ccc(C(=O)Nc4cccc5ccccc45)cc3)cc(=O)c2c1. The van der Waals surface area contributed by atoms with Gasteiger partial charge in [0, 0.05) is 28.3 Å². The van der Waals surface area contributed by atoms with Gasteiger partial charge >= 0.3 is 0 Å². The van der Waals surface area contributed by atoms with Crippen molar-refractivity contribution in [3.05, 3.63) is 112 Å². The molecule has 0 saturated carbocycles. The molecule has 0 aliphatic carbocycles. The van der Waals surface area contributed by atoms with E-state index in [-0.39, 0.29) is 11.3 Å². The fourth-order valence-electron chi connectivity index (χ4n) is 4.07. The van der Waals surface area contributed by atoms with Crippen LogP contribution in [0.15, 0.2) is 94.1 Å². The molecule has 156 valence electrons. The summed E-state index contributed by atoms with van der Waals surface area (Å²) in [5.41, 5.74) is 4.49. The van der Waals surface area contributed by atoms with E-state index in [2.05, 4.69) is 5.32 Å². The van der Waals surface area contributed by atoms with Gasteiger partial charge in [-0.05, 0) is 54.6 Å².